The molecule has 1 amide bonds. The number of para-hydroxylation sites is 2. The topological polar surface area (TPSA) is 97.5 Å². The van der Waals surface area contributed by atoms with E-state index in [1.54, 1.807) is 23.6 Å². The van der Waals surface area contributed by atoms with E-state index in [2.05, 4.69) is 10.2 Å². The molecule has 1 aliphatic rings. The number of aromatic nitrogens is 3. The molecule has 1 saturated heterocycles. The molecule has 25 heavy (non-hydrogen) atoms. The molecule has 1 N–H and O–H groups in total. The molecular formula is C16H18N4O4S. The molecule has 3 rings (SSSR count). The maximum absolute atomic E-state index is 11.9. The standard InChI is InChI=1S/C16H18N4O4S/c1-19-8-10(7-13(19)21)15-17-18-16(25-9-14(22)23)20(15)11-5-3-4-6-12(11)24-2/h3-6,10H,7-9H2,1-2H3,(H,22,23)/t10-/m1/s1. The molecule has 9 heteroatoms. The van der Waals surface area contributed by atoms with Crippen molar-refractivity contribution in [2.75, 3.05) is 26.5 Å². The van der Waals surface area contributed by atoms with Gasteiger partial charge < -0.3 is 14.7 Å². The fourth-order valence-corrected chi connectivity index (χ4v) is 3.51. The lowest BCUT2D eigenvalue weighted by Crippen LogP contribution is -2.19. The van der Waals surface area contributed by atoms with Gasteiger partial charge in [0.2, 0.25) is 5.91 Å². The molecule has 132 valence electrons. The summed E-state index contributed by atoms with van der Waals surface area (Å²) in [6, 6.07) is 7.39. The SMILES string of the molecule is COc1ccccc1-n1c(SCC(=O)O)nnc1[C@@H]1CC(=O)N(C)C1. The molecule has 1 atom stereocenters. The monoisotopic (exact) mass is 362 g/mol. The number of likely N-dealkylation sites (tertiary alicyclic amines) is 1. The molecule has 2 heterocycles. The normalized spacial score (nSPS) is 17.1. The summed E-state index contributed by atoms with van der Waals surface area (Å²) in [5, 5.41) is 17.9. The van der Waals surface area contributed by atoms with Gasteiger partial charge in [-0.05, 0) is 12.1 Å². The van der Waals surface area contributed by atoms with E-state index in [9.17, 15) is 9.59 Å². The number of hydrogen-bond acceptors (Lipinski definition) is 6. The zero-order valence-electron chi connectivity index (χ0n) is 13.9. The van der Waals surface area contributed by atoms with Gasteiger partial charge in [-0.1, -0.05) is 23.9 Å². The largest absolute Gasteiger partial charge is 0.495 e. The van der Waals surface area contributed by atoms with E-state index in [1.807, 2.05) is 24.3 Å². The first-order valence-corrected chi connectivity index (χ1v) is 8.67. The molecule has 1 fully saturated rings. The van der Waals surface area contributed by atoms with E-state index in [0.717, 1.165) is 17.4 Å². The summed E-state index contributed by atoms with van der Waals surface area (Å²) in [6.45, 7) is 0.551. The van der Waals surface area contributed by atoms with Gasteiger partial charge >= 0.3 is 5.97 Å². The van der Waals surface area contributed by atoms with Gasteiger partial charge in [-0.3, -0.25) is 14.2 Å². The number of aliphatic carboxylic acids is 1. The Kier molecular flexibility index (Phi) is 4.93. The fourth-order valence-electron chi connectivity index (χ4n) is 2.84. The molecule has 1 aromatic heterocycles. The Labute approximate surface area is 148 Å². The molecule has 0 bridgehead atoms. The first-order valence-electron chi connectivity index (χ1n) is 7.68. The first-order chi connectivity index (χ1) is 12.0. The summed E-state index contributed by atoms with van der Waals surface area (Å²) >= 11 is 1.09. The highest BCUT2D eigenvalue weighted by atomic mass is 32.2. The summed E-state index contributed by atoms with van der Waals surface area (Å²) in [5.74, 6) is 0.148. The van der Waals surface area contributed by atoms with Crippen molar-refractivity contribution >= 4 is 23.6 Å². The van der Waals surface area contributed by atoms with Crippen LogP contribution in [0.1, 0.15) is 18.2 Å². The molecule has 0 saturated carbocycles. The van der Waals surface area contributed by atoms with Crippen LogP contribution in [0.5, 0.6) is 5.75 Å². The number of rotatable bonds is 6. The van der Waals surface area contributed by atoms with Gasteiger partial charge in [-0.15, -0.1) is 10.2 Å². The van der Waals surface area contributed by atoms with Crippen LogP contribution in [0.2, 0.25) is 0 Å². The number of carboxylic acid groups (broad SMARTS) is 1. The van der Waals surface area contributed by atoms with Gasteiger partial charge in [0.25, 0.3) is 0 Å². The number of methoxy groups -OCH3 is 1. The minimum atomic E-state index is -0.933. The number of hydrogen-bond donors (Lipinski definition) is 1. The predicted octanol–water partition coefficient (Wildman–Crippen LogP) is 1.40. The average molecular weight is 362 g/mol. The maximum atomic E-state index is 11.9. The van der Waals surface area contributed by atoms with Gasteiger partial charge in [-0.2, -0.15) is 0 Å². The third-order valence-electron chi connectivity index (χ3n) is 4.02. The van der Waals surface area contributed by atoms with Crippen LogP contribution in [0.3, 0.4) is 0 Å². The summed E-state index contributed by atoms with van der Waals surface area (Å²) in [4.78, 5) is 24.5. The fraction of sp³-hybridized carbons (Fsp3) is 0.375. The highest BCUT2D eigenvalue weighted by molar-refractivity contribution is 7.99. The number of carbonyl (C=O) groups is 2. The molecule has 2 aromatic rings. The van der Waals surface area contributed by atoms with Crippen molar-refractivity contribution in [1.29, 1.82) is 0 Å². The zero-order valence-corrected chi connectivity index (χ0v) is 14.7. The second-order valence-electron chi connectivity index (χ2n) is 5.71. The summed E-state index contributed by atoms with van der Waals surface area (Å²) in [5.41, 5.74) is 0.722. The van der Waals surface area contributed by atoms with Crippen molar-refractivity contribution in [3.63, 3.8) is 0 Å². The minimum absolute atomic E-state index is 0.0549. The third kappa shape index (κ3) is 3.46. The van der Waals surface area contributed by atoms with E-state index in [1.165, 1.54) is 0 Å². The van der Waals surface area contributed by atoms with Crippen LogP contribution < -0.4 is 4.74 Å². The van der Waals surface area contributed by atoms with Crippen molar-refractivity contribution < 1.29 is 19.4 Å². The lowest BCUT2D eigenvalue weighted by molar-refractivity contribution is -0.134. The summed E-state index contributed by atoms with van der Waals surface area (Å²) < 4.78 is 7.23. The summed E-state index contributed by atoms with van der Waals surface area (Å²) in [7, 11) is 3.33. The van der Waals surface area contributed by atoms with Crippen molar-refractivity contribution in [2.45, 2.75) is 17.5 Å². The third-order valence-corrected chi connectivity index (χ3v) is 4.93. The van der Waals surface area contributed by atoms with Gasteiger partial charge in [0.15, 0.2) is 5.16 Å². The Morgan fingerprint density at radius 3 is 2.80 bits per heavy atom. The van der Waals surface area contributed by atoms with E-state index in [4.69, 9.17) is 9.84 Å². The van der Waals surface area contributed by atoms with Gasteiger partial charge in [-0.25, -0.2) is 0 Å². The number of ether oxygens (including phenoxy) is 1. The maximum Gasteiger partial charge on any atom is 0.313 e. The zero-order chi connectivity index (χ0) is 18.0. The van der Waals surface area contributed by atoms with E-state index in [0.29, 0.717) is 29.7 Å². The Morgan fingerprint density at radius 1 is 1.40 bits per heavy atom. The average Bonchev–Trinajstić information content (AvgIpc) is 3.16. The smallest absolute Gasteiger partial charge is 0.313 e. The highest BCUT2D eigenvalue weighted by Crippen LogP contribution is 2.34. The van der Waals surface area contributed by atoms with Crippen molar-refractivity contribution in [1.82, 2.24) is 19.7 Å². The van der Waals surface area contributed by atoms with E-state index in [-0.39, 0.29) is 17.6 Å². The second-order valence-corrected chi connectivity index (χ2v) is 6.65. The van der Waals surface area contributed by atoms with Gasteiger partial charge in [0.05, 0.1) is 18.6 Å². The van der Waals surface area contributed by atoms with Crippen LogP contribution in [0.25, 0.3) is 5.69 Å². The predicted molar refractivity (Wildman–Crippen MR) is 91.3 cm³/mol. The van der Waals surface area contributed by atoms with E-state index >= 15 is 0 Å². The van der Waals surface area contributed by atoms with Crippen molar-refractivity contribution in [3.8, 4) is 11.4 Å². The molecule has 1 aromatic carbocycles. The number of amides is 1. The second kappa shape index (κ2) is 7.14. The van der Waals surface area contributed by atoms with Crippen molar-refractivity contribution in [2.24, 2.45) is 0 Å². The first kappa shape index (κ1) is 17.3. The molecule has 0 unspecified atom stereocenters. The molecule has 0 aliphatic carbocycles. The van der Waals surface area contributed by atoms with Crippen LogP contribution in [0.4, 0.5) is 0 Å². The molecule has 1 aliphatic heterocycles. The van der Waals surface area contributed by atoms with Crippen LogP contribution in [0, 0.1) is 0 Å². The van der Waals surface area contributed by atoms with Gasteiger partial charge in [0.1, 0.15) is 11.6 Å². The number of likely N-dealkylation sites (N-methyl/N-ethyl adjacent to an activating group) is 1. The Hall–Kier alpha value is -2.55. The number of benzene rings is 1. The highest BCUT2D eigenvalue weighted by Gasteiger charge is 2.33. The van der Waals surface area contributed by atoms with Crippen LogP contribution in [-0.4, -0.2) is 63.1 Å². The molecular weight excluding hydrogens is 344 g/mol. The lowest BCUT2D eigenvalue weighted by Gasteiger charge is -2.16. The number of nitrogens with zero attached hydrogens (tertiary/aromatic N) is 4. The van der Waals surface area contributed by atoms with Crippen LogP contribution >= 0.6 is 11.8 Å². The van der Waals surface area contributed by atoms with Crippen LogP contribution in [0.15, 0.2) is 29.4 Å². The minimum Gasteiger partial charge on any atom is -0.495 e. The summed E-state index contributed by atoms with van der Waals surface area (Å²) in [6.07, 6.45) is 0.355. The Morgan fingerprint density at radius 2 is 2.16 bits per heavy atom. The number of thioether (sulfide) groups is 1. The Bertz CT molecular complexity index is 807. The Balaban J connectivity index is 2.07. The number of carboxylic acids is 1. The molecule has 8 nitrogen and oxygen atoms in total. The van der Waals surface area contributed by atoms with Crippen LogP contribution in [-0.2, 0) is 9.59 Å². The van der Waals surface area contributed by atoms with Crippen molar-refractivity contribution in [3.05, 3.63) is 30.1 Å². The van der Waals surface area contributed by atoms with E-state index < -0.39 is 5.97 Å². The molecule has 0 radical (unpaired) electrons. The number of carbonyl (C=O) groups excluding carboxylic acids is 1. The lowest BCUT2D eigenvalue weighted by atomic mass is 10.1. The van der Waals surface area contributed by atoms with Gasteiger partial charge in [0, 0.05) is 25.9 Å². The molecule has 0 spiro atoms. The quantitative estimate of drug-likeness (QED) is 0.776.